The minimum atomic E-state index is -0.313. The van der Waals surface area contributed by atoms with Gasteiger partial charge in [0.25, 0.3) is 5.91 Å². The standard InChI is InChI=1S/C16H26N4O2.2ClH/c1-10-15(11(2)19(3)18-10)13-5-4-8-20(13)16(21)14-7-6-12(9-17)22-14;;/h12-14H,4-9,17H2,1-3H3;2*1H/t12-,13?,14+;;/m1../s1. The van der Waals surface area contributed by atoms with Gasteiger partial charge in [-0.3, -0.25) is 9.48 Å². The Labute approximate surface area is 155 Å². The zero-order valence-electron chi connectivity index (χ0n) is 14.5. The van der Waals surface area contributed by atoms with E-state index in [1.807, 2.05) is 23.6 Å². The summed E-state index contributed by atoms with van der Waals surface area (Å²) in [7, 11) is 1.96. The van der Waals surface area contributed by atoms with E-state index in [0.29, 0.717) is 6.54 Å². The molecule has 3 heterocycles. The van der Waals surface area contributed by atoms with E-state index in [-0.39, 0.29) is 49.0 Å². The van der Waals surface area contributed by atoms with Crippen LogP contribution in [-0.4, -0.2) is 45.9 Å². The predicted octanol–water partition coefficient (Wildman–Crippen LogP) is 2.05. The summed E-state index contributed by atoms with van der Waals surface area (Å²) in [5.41, 5.74) is 9.03. The van der Waals surface area contributed by atoms with Gasteiger partial charge in [-0.1, -0.05) is 0 Å². The van der Waals surface area contributed by atoms with Crippen LogP contribution in [0.15, 0.2) is 0 Å². The SMILES string of the molecule is Cc1nn(C)c(C)c1C1CCCN1C(=O)[C@@H]1CC[C@H](CN)O1.Cl.Cl. The van der Waals surface area contributed by atoms with Gasteiger partial charge in [-0.25, -0.2) is 0 Å². The number of rotatable bonds is 3. The van der Waals surface area contributed by atoms with E-state index in [0.717, 1.165) is 43.6 Å². The molecule has 2 fully saturated rings. The number of hydrogen-bond donors (Lipinski definition) is 1. The van der Waals surface area contributed by atoms with Crippen molar-refractivity contribution >= 4 is 30.7 Å². The molecule has 2 aliphatic rings. The third-order valence-corrected chi connectivity index (χ3v) is 5.08. The minimum Gasteiger partial charge on any atom is -0.364 e. The molecule has 138 valence electrons. The third-order valence-electron chi connectivity index (χ3n) is 5.08. The number of aryl methyl sites for hydroxylation is 2. The molecule has 0 spiro atoms. The maximum absolute atomic E-state index is 12.9. The summed E-state index contributed by atoms with van der Waals surface area (Å²) in [6.07, 6.45) is 3.44. The molecule has 2 aliphatic heterocycles. The molecule has 0 radical (unpaired) electrons. The molecule has 0 aliphatic carbocycles. The van der Waals surface area contributed by atoms with Gasteiger partial charge in [0.05, 0.1) is 17.8 Å². The normalized spacial score (nSPS) is 26.2. The highest BCUT2D eigenvalue weighted by Crippen LogP contribution is 2.37. The van der Waals surface area contributed by atoms with Crippen LogP contribution >= 0.6 is 24.8 Å². The highest BCUT2D eigenvalue weighted by Gasteiger charge is 2.39. The van der Waals surface area contributed by atoms with Crippen LogP contribution in [0.2, 0.25) is 0 Å². The first-order valence-corrected chi connectivity index (χ1v) is 8.19. The summed E-state index contributed by atoms with van der Waals surface area (Å²) < 4.78 is 7.70. The number of carbonyl (C=O) groups excluding carboxylic acids is 1. The van der Waals surface area contributed by atoms with Crippen LogP contribution in [0, 0.1) is 13.8 Å². The van der Waals surface area contributed by atoms with E-state index in [4.69, 9.17) is 10.5 Å². The Bertz CT molecular complexity index is 579. The zero-order valence-corrected chi connectivity index (χ0v) is 16.2. The molecule has 2 N–H and O–H groups in total. The lowest BCUT2D eigenvalue weighted by molar-refractivity contribution is -0.143. The van der Waals surface area contributed by atoms with E-state index >= 15 is 0 Å². The number of aromatic nitrogens is 2. The van der Waals surface area contributed by atoms with Gasteiger partial charge in [-0.15, -0.1) is 24.8 Å². The summed E-state index contributed by atoms with van der Waals surface area (Å²) in [6, 6.07) is 0.140. The Morgan fingerprint density at radius 3 is 2.54 bits per heavy atom. The largest absolute Gasteiger partial charge is 0.364 e. The van der Waals surface area contributed by atoms with Crippen molar-refractivity contribution in [1.29, 1.82) is 0 Å². The zero-order chi connectivity index (χ0) is 15.9. The highest BCUT2D eigenvalue weighted by atomic mass is 35.5. The average molecular weight is 379 g/mol. The van der Waals surface area contributed by atoms with Crippen molar-refractivity contribution in [3.8, 4) is 0 Å². The second kappa shape index (κ2) is 8.52. The molecule has 0 saturated carbocycles. The lowest BCUT2D eigenvalue weighted by Gasteiger charge is -2.28. The fourth-order valence-electron chi connectivity index (χ4n) is 3.85. The molecule has 3 rings (SSSR count). The molecule has 1 aromatic heterocycles. The number of nitrogens with zero attached hydrogens (tertiary/aromatic N) is 3. The van der Waals surface area contributed by atoms with E-state index in [1.54, 1.807) is 0 Å². The molecule has 1 unspecified atom stereocenters. The van der Waals surface area contributed by atoms with Crippen LogP contribution in [0.5, 0.6) is 0 Å². The number of hydrogen-bond acceptors (Lipinski definition) is 4. The van der Waals surface area contributed by atoms with E-state index in [1.165, 1.54) is 5.56 Å². The fourth-order valence-corrected chi connectivity index (χ4v) is 3.85. The predicted molar refractivity (Wildman–Crippen MR) is 97.8 cm³/mol. The van der Waals surface area contributed by atoms with Crippen molar-refractivity contribution in [2.45, 2.75) is 57.8 Å². The van der Waals surface area contributed by atoms with Gasteiger partial charge < -0.3 is 15.4 Å². The lowest BCUT2D eigenvalue weighted by atomic mass is 10.0. The second-order valence-corrected chi connectivity index (χ2v) is 6.46. The van der Waals surface area contributed by atoms with Crippen LogP contribution in [0.25, 0.3) is 0 Å². The van der Waals surface area contributed by atoms with Crippen molar-refractivity contribution in [2.24, 2.45) is 12.8 Å². The van der Waals surface area contributed by atoms with Gasteiger partial charge in [0.2, 0.25) is 0 Å². The maximum Gasteiger partial charge on any atom is 0.252 e. The van der Waals surface area contributed by atoms with Crippen molar-refractivity contribution in [1.82, 2.24) is 14.7 Å². The maximum atomic E-state index is 12.9. The monoisotopic (exact) mass is 378 g/mol. The molecular formula is C16H28Cl2N4O2. The fraction of sp³-hybridized carbons (Fsp3) is 0.750. The Kier molecular flexibility index (Phi) is 7.53. The molecule has 3 atom stereocenters. The van der Waals surface area contributed by atoms with Crippen LogP contribution in [-0.2, 0) is 16.6 Å². The molecular weight excluding hydrogens is 351 g/mol. The van der Waals surface area contributed by atoms with Crippen LogP contribution in [0.1, 0.15) is 48.7 Å². The quantitative estimate of drug-likeness (QED) is 0.873. The van der Waals surface area contributed by atoms with Gasteiger partial charge >= 0.3 is 0 Å². The first kappa shape index (κ1) is 21.2. The van der Waals surface area contributed by atoms with E-state index < -0.39 is 0 Å². The van der Waals surface area contributed by atoms with Crippen molar-refractivity contribution < 1.29 is 9.53 Å². The van der Waals surface area contributed by atoms with Crippen molar-refractivity contribution in [3.05, 3.63) is 17.0 Å². The van der Waals surface area contributed by atoms with E-state index in [2.05, 4.69) is 12.0 Å². The van der Waals surface area contributed by atoms with Gasteiger partial charge in [0.15, 0.2) is 0 Å². The summed E-state index contributed by atoms with van der Waals surface area (Å²) in [5, 5.41) is 4.50. The number of carbonyl (C=O) groups is 1. The summed E-state index contributed by atoms with van der Waals surface area (Å²) >= 11 is 0. The number of likely N-dealkylation sites (tertiary alicyclic amines) is 1. The van der Waals surface area contributed by atoms with Crippen molar-refractivity contribution in [3.63, 3.8) is 0 Å². The Hall–Kier alpha value is -0.820. The summed E-state index contributed by atoms with van der Waals surface area (Å²) in [6.45, 7) is 5.41. The van der Waals surface area contributed by atoms with Gasteiger partial charge in [0.1, 0.15) is 6.10 Å². The smallest absolute Gasteiger partial charge is 0.252 e. The Morgan fingerprint density at radius 2 is 2.00 bits per heavy atom. The van der Waals surface area contributed by atoms with Crippen LogP contribution < -0.4 is 5.73 Å². The topological polar surface area (TPSA) is 73.4 Å². The molecule has 24 heavy (non-hydrogen) atoms. The molecule has 1 aromatic rings. The molecule has 1 amide bonds. The number of halogens is 2. The van der Waals surface area contributed by atoms with Crippen molar-refractivity contribution in [2.75, 3.05) is 13.1 Å². The first-order valence-electron chi connectivity index (χ1n) is 8.19. The van der Waals surface area contributed by atoms with E-state index in [9.17, 15) is 4.79 Å². The first-order chi connectivity index (χ1) is 10.5. The summed E-state index contributed by atoms with van der Waals surface area (Å²) in [4.78, 5) is 14.9. The van der Waals surface area contributed by atoms with Gasteiger partial charge in [0, 0.05) is 31.4 Å². The summed E-state index contributed by atoms with van der Waals surface area (Å²) in [5.74, 6) is 0.126. The Morgan fingerprint density at radius 1 is 1.29 bits per heavy atom. The molecule has 0 aromatic carbocycles. The van der Waals surface area contributed by atoms with Gasteiger partial charge in [-0.2, -0.15) is 5.10 Å². The number of amides is 1. The Balaban J connectivity index is 0.00000144. The molecule has 0 bridgehead atoms. The highest BCUT2D eigenvalue weighted by molar-refractivity contribution is 5.85. The van der Waals surface area contributed by atoms with Gasteiger partial charge in [-0.05, 0) is 39.5 Å². The lowest BCUT2D eigenvalue weighted by Crippen LogP contribution is -2.39. The number of nitrogens with two attached hydrogens (primary N) is 1. The number of ether oxygens (including phenoxy) is 1. The second-order valence-electron chi connectivity index (χ2n) is 6.46. The van der Waals surface area contributed by atoms with Crippen LogP contribution in [0.3, 0.4) is 0 Å². The van der Waals surface area contributed by atoms with Crippen LogP contribution in [0.4, 0.5) is 0 Å². The third kappa shape index (κ3) is 3.72. The average Bonchev–Trinajstić information content (AvgIpc) is 3.19. The molecule has 2 saturated heterocycles. The minimum absolute atomic E-state index is 0. The molecule has 6 nitrogen and oxygen atoms in total. The molecule has 8 heteroatoms.